The summed E-state index contributed by atoms with van der Waals surface area (Å²) >= 11 is 2.15. The first kappa shape index (κ1) is 18.8. The highest BCUT2D eigenvalue weighted by atomic mass is 127. The molecular weight excluding hydrogens is 459 g/mol. The molecule has 2 aromatic carbocycles. The lowest BCUT2D eigenvalue weighted by Gasteiger charge is -2.22. The van der Waals surface area contributed by atoms with E-state index in [2.05, 4.69) is 33.2 Å². The number of nitrogens with one attached hydrogen (secondary N) is 2. The Morgan fingerprint density at radius 2 is 1.81 bits per heavy atom. The van der Waals surface area contributed by atoms with Gasteiger partial charge in [0.25, 0.3) is 5.91 Å². The van der Waals surface area contributed by atoms with Crippen molar-refractivity contribution in [2.75, 3.05) is 11.9 Å². The van der Waals surface area contributed by atoms with Crippen molar-refractivity contribution in [1.29, 1.82) is 5.26 Å². The summed E-state index contributed by atoms with van der Waals surface area (Å²) < 4.78 is 1.03. The van der Waals surface area contributed by atoms with Crippen LogP contribution in [0, 0.1) is 14.9 Å². The van der Waals surface area contributed by atoms with Crippen LogP contribution in [0.25, 0.3) is 0 Å². The minimum absolute atomic E-state index is 0.386. The number of carbonyl (C=O) groups is 3. The zero-order valence-electron chi connectivity index (χ0n) is 14.3. The Balaban J connectivity index is 1.74. The molecule has 2 N–H and O–H groups in total. The molecule has 4 amide bonds. The number of nitrogens with zero attached hydrogens (tertiary/aromatic N) is 2. The molecule has 2 aromatic rings. The van der Waals surface area contributed by atoms with Crippen molar-refractivity contribution >= 4 is 46.1 Å². The van der Waals surface area contributed by atoms with Crippen molar-refractivity contribution in [3.8, 4) is 6.07 Å². The zero-order chi connectivity index (χ0) is 19.6. The quantitative estimate of drug-likeness (QED) is 0.526. The van der Waals surface area contributed by atoms with E-state index in [9.17, 15) is 14.4 Å². The molecule has 0 aliphatic carbocycles. The molecule has 3 rings (SSSR count). The predicted molar refractivity (Wildman–Crippen MR) is 107 cm³/mol. The van der Waals surface area contributed by atoms with Gasteiger partial charge >= 0.3 is 6.03 Å². The molecule has 0 saturated carbocycles. The van der Waals surface area contributed by atoms with E-state index in [1.807, 2.05) is 18.2 Å². The maximum Gasteiger partial charge on any atom is 0.325 e. The first-order valence-corrected chi connectivity index (χ1v) is 9.11. The van der Waals surface area contributed by atoms with Gasteiger partial charge in [0.05, 0.1) is 11.6 Å². The van der Waals surface area contributed by atoms with E-state index in [4.69, 9.17) is 5.26 Å². The van der Waals surface area contributed by atoms with Gasteiger partial charge in [-0.25, -0.2) is 4.79 Å². The molecular formula is C19H15IN4O3. The summed E-state index contributed by atoms with van der Waals surface area (Å²) in [6.45, 7) is 1.19. The predicted octanol–water partition coefficient (Wildman–Crippen LogP) is 2.57. The smallest absolute Gasteiger partial charge is 0.325 e. The molecule has 1 heterocycles. The lowest BCUT2D eigenvalue weighted by atomic mass is 9.91. The Labute approximate surface area is 169 Å². The average molecular weight is 474 g/mol. The lowest BCUT2D eigenvalue weighted by molar-refractivity contribution is -0.133. The highest BCUT2D eigenvalue weighted by Crippen LogP contribution is 2.29. The van der Waals surface area contributed by atoms with Crippen LogP contribution < -0.4 is 10.6 Å². The van der Waals surface area contributed by atoms with Gasteiger partial charge in [0.2, 0.25) is 5.91 Å². The molecule has 1 atom stereocenters. The van der Waals surface area contributed by atoms with Crippen molar-refractivity contribution in [2.24, 2.45) is 0 Å². The van der Waals surface area contributed by atoms with Crippen LogP contribution in [0.15, 0.2) is 48.5 Å². The number of benzene rings is 2. The normalized spacial score (nSPS) is 18.8. The molecule has 0 spiro atoms. The van der Waals surface area contributed by atoms with Gasteiger partial charge in [-0.2, -0.15) is 5.26 Å². The molecule has 1 aliphatic rings. The van der Waals surface area contributed by atoms with Crippen molar-refractivity contribution < 1.29 is 14.4 Å². The second-order valence-corrected chi connectivity index (χ2v) is 7.44. The molecule has 1 unspecified atom stereocenters. The van der Waals surface area contributed by atoms with E-state index in [0.717, 1.165) is 8.47 Å². The van der Waals surface area contributed by atoms with E-state index in [0.29, 0.717) is 16.8 Å². The van der Waals surface area contributed by atoms with E-state index in [1.165, 1.54) is 0 Å². The zero-order valence-corrected chi connectivity index (χ0v) is 16.5. The van der Waals surface area contributed by atoms with Crippen molar-refractivity contribution in [2.45, 2.75) is 12.5 Å². The van der Waals surface area contributed by atoms with E-state index in [-0.39, 0.29) is 6.54 Å². The summed E-state index contributed by atoms with van der Waals surface area (Å²) in [7, 11) is 0. The summed E-state index contributed by atoms with van der Waals surface area (Å²) in [5.41, 5.74) is 0.296. The van der Waals surface area contributed by atoms with Gasteiger partial charge in [-0.1, -0.05) is 12.1 Å². The third-order valence-electron chi connectivity index (χ3n) is 4.30. The van der Waals surface area contributed by atoms with Gasteiger partial charge < -0.3 is 10.6 Å². The van der Waals surface area contributed by atoms with E-state index in [1.54, 1.807) is 43.3 Å². The van der Waals surface area contributed by atoms with Crippen LogP contribution >= 0.6 is 22.6 Å². The van der Waals surface area contributed by atoms with Crippen LogP contribution in [-0.2, 0) is 15.1 Å². The fourth-order valence-electron chi connectivity index (χ4n) is 2.79. The summed E-state index contributed by atoms with van der Waals surface area (Å²) in [5.74, 6) is -0.987. The number of carbonyl (C=O) groups excluding carboxylic acids is 3. The number of imide groups is 1. The Morgan fingerprint density at radius 3 is 2.41 bits per heavy atom. The van der Waals surface area contributed by atoms with E-state index >= 15 is 0 Å². The van der Waals surface area contributed by atoms with Gasteiger partial charge in [-0.3, -0.25) is 14.5 Å². The minimum atomic E-state index is -1.28. The Bertz CT molecular complexity index is 950. The van der Waals surface area contributed by atoms with Gasteiger partial charge in [0.15, 0.2) is 0 Å². The van der Waals surface area contributed by atoms with Crippen LogP contribution in [0.2, 0.25) is 0 Å². The molecule has 7 nitrogen and oxygen atoms in total. The molecule has 1 fully saturated rings. The van der Waals surface area contributed by atoms with Crippen LogP contribution in [0.5, 0.6) is 0 Å². The fourth-order valence-corrected chi connectivity index (χ4v) is 3.15. The minimum Gasteiger partial charge on any atom is -0.325 e. The maximum atomic E-state index is 12.8. The lowest BCUT2D eigenvalue weighted by Crippen LogP contribution is -2.42. The maximum absolute atomic E-state index is 12.8. The fraction of sp³-hybridized carbons (Fsp3) is 0.158. The van der Waals surface area contributed by atoms with Crippen LogP contribution in [0.1, 0.15) is 18.1 Å². The number of halogens is 1. The largest absolute Gasteiger partial charge is 0.325 e. The molecule has 27 heavy (non-hydrogen) atoms. The number of nitriles is 1. The Morgan fingerprint density at radius 1 is 1.19 bits per heavy atom. The van der Waals surface area contributed by atoms with Gasteiger partial charge in [0, 0.05) is 9.26 Å². The summed E-state index contributed by atoms with van der Waals surface area (Å²) in [4.78, 5) is 38.3. The average Bonchev–Trinajstić information content (AvgIpc) is 2.88. The number of hydrogen-bond donors (Lipinski definition) is 2. The number of amides is 4. The van der Waals surface area contributed by atoms with Crippen LogP contribution in [-0.4, -0.2) is 29.3 Å². The van der Waals surface area contributed by atoms with Crippen molar-refractivity contribution in [1.82, 2.24) is 10.2 Å². The number of rotatable bonds is 4. The molecule has 8 heteroatoms. The molecule has 0 radical (unpaired) electrons. The van der Waals surface area contributed by atoms with Gasteiger partial charge in [-0.05, 0) is 71.5 Å². The monoisotopic (exact) mass is 474 g/mol. The molecule has 1 saturated heterocycles. The third-order valence-corrected chi connectivity index (χ3v) is 5.02. The summed E-state index contributed by atoms with van der Waals surface area (Å²) in [6, 6.07) is 14.9. The van der Waals surface area contributed by atoms with Crippen molar-refractivity contribution in [3.05, 3.63) is 63.2 Å². The van der Waals surface area contributed by atoms with Crippen LogP contribution in [0.4, 0.5) is 10.5 Å². The third kappa shape index (κ3) is 3.78. The molecule has 0 bridgehead atoms. The SMILES string of the molecule is CC1(c2ccc(C#N)cc2)NC(=O)N(CC(=O)Nc2ccc(I)cc2)C1=O. The Hall–Kier alpha value is -2.93. The molecule has 1 aliphatic heterocycles. The number of urea groups is 1. The molecule has 0 aromatic heterocycles. The first-order chi connectivity index (χ1) is 12.8. The number of hydrogen-bond acceptors (Lipinski definition) is 4. The van der Waals surface area contributed by atoms with Gasteiger partial charge in [-0.15, -0.1) is 0 Å². The summed E-state index contributed by atoms with van der Waals surface area (Å²) in [6.07, 6.45) is 0. The topological polar surface area (TPSA) is 102 Å². The number of anilines is 1. The molecule has 136 valence electrons. The second-order valence-electron chi connectivity index (χ2n) is 6.19. The highest BCUT2D eigenvalue weighted by molar-refractivity contribution is 14.1. The Kier molecular flexibility index (Phi) is 5.14. The highest BCUT2D eigenvalue weighted by Gasteiger charge is 2.49. The summed E-state index contributed by atoms with van der Waals surface area (Å²) in [5, 5.41) is 14.2. The van der Waals surface area contributed by atoms with Crippen molar-refractivity contribution in [3.63, 3.8) is 0 Å². The standard InChI is InChI=1S/C19H15IN4O3/c1-19(13-4-2-12(10-21)3-5-13)17(26)24(18(27)23-19)11-16(25)22-15-8-6-14(20)7-9-15/h2-9H,11H2,1H3,(H,22,25)(H,23,27). The van der Waals surface area contributed by atoms with Gasteiger partial charge in [0.1, 0.15) is 12.1 Å². The second kappa shape index (κ2) is 7.36. The van der Waals surface area contributed by atoms with Crippen LogP contribution in [0.3, 0.4) is 0 Å². The first-order valence-electron chi connectivity index (χ1n) is 8.03. The van der Waals surface area contributed by atoms with E-state index < -0.39 is 23.4 Å².